The topological polar surface area (TPSA) is 130 Å². The molecule has 0 saturated heterocycles. The van der Waals surface area contributed by atoms with E-state index in [0.29, 0.717) is 0 Å². The van der Waals surface area contributed by atoms with E-state index >= 15 is 0 Å². The first kappa shape index (κ1) is 14.6. The van der Waals surface area contributed by atoms with Gasteiger partial charge in [0.25, 0.3) is 11.6 Å². The van der Waals surface area contributed by atoms with Crippen molar-refractivity contribution in [2.45, 2.75) is 12.5 Å². The highest BCUT2D eigenvalue weighted by Gasteiger charge is 2.20. The van der Waals surface area contributed by atoms with Crippen LogP contribution in [0.5, 0.6) is 0 Å². The fraction of sp³-hybridized carbons (Fsp3) is 0.273. The van der Waals surface area contributed by atoms with Gasteiger partial charge >= 0.3 is 5.97 Å². The summed E-state index contributed by atoms with van der Waals surface area (Å²) in [5.74, 6) is -1.93. The van der Waals surface area contributed by atoms with Crippen molar-refractivity contribution in [2.24, 2.45) is 0 Å². The zero-order valence-corrected chi connectivity index (χ0v) is 9.78. The van der Waals surface area contributed by atoms with Crippen molar-refractivity contribution in [2.75, 3.05) is 6.61 Å². The lowest BCUT2D eigenvalue weighted by Gasteiger charge is -2.12. The summed E-state index contributed by atoms with van der Waals surface area (Å²) in [6, 6.07) is 3.55. The number of amides is 1. The quantitative estimate of drug-likeness (QED) is 0.497. The summed E-state index contributed by atoms with van der Waals surface area (Å²) >= 11 is 0. The van der Waals surface area contributed by atoms with Crippen LogP contribution in [0.1, 0.15) is 16.8 Å². The molecular weight excluding hydrogens is 256 g/mol. The summed E-state index contributed by atoms with van der Waals surface area (Å²) in [4.78, 5) is 32.3. The highest BCUT2D eigenvalue weighted by molar-refractivity contribution is 5.96. The molecule has 3 N–H and O–H groups in total. The minimum Gasteiger partial charge on any atom is -0.480 e. The maximum atomic E-state index is 11.7. The SMILES string of the molecule is O=C(NC(CCO)C(=O)O)c1ccc([N+](=O)[O-])cc1. The minimum atomic E-state index is -1.26. The Balaban J connectivity index is 2.76. The summed E-state index contributed by atoms with van der Waals surface area (Å²) in [5, 5.41) is 30.1. The minimum absolute atomic E-state index is 0.106. The first-order chi connectivity index (χ1) is 8.95. The number of nitrogens with one attached hydrogen (secondary N) is 1. The molecule has 19 heavy (non-hydrogen) atoms. The lowest BCUT2D eigenvalue weighted by molar-refractivity contribution is -0.384. The Morgan fingerprint density at radius 1 is 1.32 bits per heavy atom. The number of benzene rings is 1. The molecular formula is C11H12N2O6. The molecule has 8 heteroatoms. The molecule has 0 aliphatic rings. The molecule has 0 aromatic heterocycles. The van der Waals surface area contributed by atoms with Crippen molar-refractivity contribution in [3.8, 4) is 0 Å². The molecule has 0 aliphatic heterocycles. The molecule has 0 heterocycles. The summed E-state index contributed by atoms with van der Waals surface area (Å²) in [6.45, 7) is -0.377. The van der Waals surface area contributed by atoms with E-state index in [1.807, 2.05) is 0 Å². The molecule has 1 atom stereocenters. The van der Waals surface area contributed by atoms with Gasteiger partial charge in [0.1, 0.15) is 6.04 Å². The van der Waals surface area contributed by atoms with Crippen LogP contribution in [-0.4, -0.2) is 39.7 Å². The highest BCUT2D eigenvalue weighted by atomic mass is 16.6. The van der Waals surface area contributed by atoms with Crippen LogP contribution in [0.4, 0.5) is 5.69 Å². The summed E-state index contributed by atoms with van der Waals surface area (Å²) in [5.41, 5.74) is -0.0588. The zero-order chi connectivity index (χ0) is 14.4. The third-order valence-electron chi connectivity index (χ3n) is 2.36. The van der Waals surface area contributed by atoms with Gasteiger partial charge in [0.15, 0.2) is 0 Å². The van der Waals surface area contributed by atoms with Crippen LogP contribution in [0.3, 0.4) is 0 Å². The molecule has 102 valence electrons. The van der Waals surface area contributed by atoms with Gasteiger partial charge in [-0.15, -0.1) is 0 Å². The molecule has 1 aromatic carbocycles. The van der Waals surface area contributed by atoms with E-state index in [1.54, 1.807) is 0 Å². The number of aliphatic hydroxyl groups is 1. The predicted octanol–water partition coefficient (Wildman–Crippen LogP) is 0.160. The van der Waals surface area contributed by atoms with Crippen LogP contribution >= 0.6 is 0 Å². The van der Waals surface area contributed by atoms with Gasteiger partial charge in [-0.25, -0.2) is 4.79 Å². The molecule has 1 amide bonds. The Kier molecular flexibility index (Phi) is 4.95. The Bertz CT molecular complexity index is 484. The molecule has 0 spiro atoms. The van der Waals surface area contributed by atoms with Crippen molar-refractivity contribution in [1.29, 1.82) is 0 Å². The average molecular weight is 268 g/mol. The zero-order valence-electron chi connectivity index (χ0n) is 9.78. The maximum Gasteiger partial charge on any atom is 0.326 e. The number of nitro benzene ring substituents is 1. The number of aliphatic carboxylic acids is 1. The smallest absolute Gasteiger partial charge is 0.326 e. The van der Waals surface area contributed by atoms with Crippen LogP contribution < -0.4 is 5.32 Å². The fourth-order valence-corrected chi connectivity index (χ4v) is 1.36. The van der Waals surface area contributed by atoms with E-state index in [0.717, 1.165) is 12.1 Å². The first-order valence-electron chi connectivity index (χ1n) is 5.34. The second kappa shape index (κ2) is 6.45. The lowest BCUT2D eigenvalue weighted by atomic mass is 10.1. The molecule has 0 radical (unpaired) electrons. The first-order valence-corrected chi connectivity index (χ1v) is 5.34. The van der Waals surface area contributed by atoms with E-state index in [4.69, 9.17) is 10.2 Å². The molecule has 0 bridgehead atoms. The Morgan fingerprint density at radius 2 is 1.89 bits per heavy atom. The number of carboxylic acids is 1. The number of hydrogen-bond donors (Lipinski definition) is 3. The van der Waals surface area contributed by atoms with E-state index < -0.39 is 22.8 Å². The number of rotatable bonds is 6. The lowest BCUT2D eigenvalue weighted by Crippen LogP contribution is -2.41. The third kappa shape index (κ3) is 4.03. The highest BCUT2D eigenvalue weighted by Crippen LogP contribution is 2.12. The van der Waals surface area contributed by atoms with Crippen molar-refractivity contribution >= 4 is 17.6 Å². The van der Waals surface area contributed by atoms with Gasteiger partial charge in [0, 0.05) is 30.7 Å². The van der Waals surface area contributed by atoms with Crippen LogP contribution in [0, 0.1) is 10.1 Å². The van der Waals surface area contributed by atoms with E-state index in [9.17, 15) is 19.7 Å². The normalized spacial score (nSPS) is 11.6. The van der Waals surface area contributed by atoms with Crippen LogP contribution in [0.15, 0.2) is 24.3 Å². The second-order valence-electron chi connectivity index (χ2n) is 3.68. The number of nitrogens with zero attached hydrogens (tertiary/aromatic N) is 1. The van der Waals surface area contributed by atoms with Gasteiger partial charge in [-0.05, 0) is 12.1 Å². The van der Waals surface area contributed by atoms with E-state index in [-0.39, 0.29) is 24.3 Å². The molecule has 8 nitrogen and oxygen atoms in total. The van der Waals surface area contributed by atoms with Crippen molar-refractivity contribution in [3.05, 3.63) is 39.9 Å². The van der Waals surface area contributed by atoms with Gasteiger partial charge in [0.2, 0.25) is 0 Å². The van der Waals surface area contributed by atoms with Gasteiger partial charge in [-0.1, -0.05) is 0 Å². The van der Waals surface area contributed by atoms with Gasteiger partial charge in [-0.2, -0.15) is 0 Å². The van der Waals surface area contributed by atoms with Gasteiger partial charge in [0.05, 0.1) is 4.92 Å². The Morgan fingerprint density at radius 3 is 2.32 bits per heavy atom. The maximum absolute atomic E-state index is 11.7. The van der Waals surface area contributed by atoms with Crippen LogP contribution in [-0.2, 0) is 4.79 Å². The molecule has 1 aromatic rings. The number of carbonyl (C=O) groups excluding carboxylic acids is 1. The van der Waals surface area contributed by atoms with E-state index in [2.05, 4.69) is 5.32 Å². The van der Waals surface area contributed by atoms with E-state index in [1.165, 1.54) is 12.1 Å². The van der Waals surface area contributed by atoms with Crippen LogP contribution in [0.25, 0.3) is 0 Å². The number of hydrogen-bond acceptors (Lipinski definition) is 5. The monoisotopic (exact) mass is 268 g/mol. The Labute approximate surface area is 107 Å². The van der Waals surface area contributed by atoms with Crippen molar-refractivity contribution < 1.29 is 24.7 Å². The number of aliphatic hydroxyl groups excluding tert-OH is 1. The number of nitro groups is 1. The Hall–Kier alpha value is -2.48. The van der Waals surface area contributed by atoms with Crippen molar-refractivity contribution in [3.63, 3.8) is 0 Å². The molecule has 1 rings (SSSR count). The standard InChI is InChI=1S/C11H12N2O6/c14-6-5-9(11(16)17)12-10(15)7-1-3-8(4-2-7)13(18)19/h1-4,9,14H,5-6H2,(H,12,15)(H,16,17). The summed E-state index contributed by atoms with van der Waals surface area (Å²) in [7, 11) is 0. The summed E-state index contributed by atoms with van der Waals surface area (Å²) < 4.78 is 0. The number of non-ortho nitro benzene ring substituents is 1. The molecule has 1 unspecified atom stereocenters. The third-order valence-corrected chi connectivity index (χ3v) is 2.36. The average Bonchev–Trinajstić information content (AvgIpc) is 2.38. The largest absolute Gasteiger partial charge is 0.480 e. The number of carbonyl (C=O) groups is 2. The van der Waals surface area contributed by atoms with Gasteiger partial charge < -0.3 is 15.5 Å². The molecule has 0 fully saturated rings. The molecule has 0 aliphatic carbocycles. The van der Waals surface area contributed by atoms with Gasteiger partial charge in [-0.3, -0.25) is 14.9 Å². The van der Waals surface area contributed by atoms with Crippen molar-refractivity contribution in [1.82, 2.24) is 5.32 Å². The second-order valence-corrected chi connectivity index (χ2v) is 3.68. The fourth-order valence-electron chi connectivity index (χ4n) is 1.36. The van der Waals surface area contributed by atoms with Crippen LogP contribution in [0.2, 0.25) is 0 Å². The molecule has 0 saturated carbocycles. The number of carboxylic acid groups (broad SMARTS) is 1. The summed E-state index contributed by atoms with van der Waals surface area (Å²) in [6.07, 6.45) is -0.117. The predicted molar refractivity (Wildman–Crippen MR) is 63.7 cm³/mol.